The highest BCUT2D eigenvalue weighted by Crippen LogP contribution is 2.22. The Hall–Kier alpha value is -1.59. The molecule has 0 aromatic heterocycles. The van der Waals surface area contributed by atoms with E-state index in [1.165, 1.54) is 0 Å². The molecule has 0 aliphatic heterocycles. The third-order valence-corrected chi connectivity index (χ3v) is 3.65. The highest BCUT2D eigenvalue weighted by molar-refractivity contribution is 5.94. The van der Waals surface area contributed by atoms with Crippen LogP contribution in [0.15, 0.2) is 18.2 Å². The zero-order valence-electron chi connectivity index (χ0n) is 14.0. The molecule has 0 fully saturated rings. The molecule has 0 radical (unpaired) electrons. The number of hydrogen-bond acceptors (Lipinski definition) is 3. The first-order valence-corrected chi connectivity index (χ1v) is 7.90. The number of carbonyl (C=O) groups is 2. The molecule has 1 unspecified atom stereocenters. The maximum Gasteiger partial charge on any atom is 0.320 e. The Balaban J connectivity index is 0.00000484. The minimum Gasteiger partial charge on any atom is -0.480 e. The van der Waals surface area contributed by atoms with E-state index in [4.69, 9.17) is 5.11 Å². The number of hydrogen-bond donors (Lipinski definition) is 3. The van der Waals surface area contributed by atoms with Gasteiger partial charge in [0.1, 0.15) is 6.04 Å². The number of anilines is 1. The van der Waals surface area contributed by atoms with E-state index in [2.05, 4.69) is 10.6 Å². The third kappa shape index (κ3) is 6.59. The van der Waals surface area contributed by atoms with Crippen molar-refractivity contribution in [3.05, 3.63) is 29.3 Å². The number of amides is 1. The molecule has 0 saturated heterocycles. The molecule has 6 heteroatoms. The molecule has 1 aromatic carbocycles. The van der Waals surface area contributed by atoms with E-state index in [1.807, 2.05) is 39.0 Å². The highest BCUT2D eigenvalue weighted by atomic mass is 35.5. The summed E-state index contributed by atoms with van der Waals surface area (Å²) in [6.07, 6.45) is 2.94. The summed E-state index contributed by atoms with van der Waals surface area (Å²) in [7, 11) is 0. The van der Waals surface area contributed by atoms with E-state index < -0.39 is 12.0 Å². The quantitative estimate of drug-likeness (QED) is 0.644. The Morgan fingerprint density at radius 3 is 2.13 bits per heavy atom. The molecule has 3 N–H and O–H groups in total. The number of para-hydroxylation sites is 1. The van der Waals surface area contributed by atoms with Crippen LogP contribution in [-0.4, -0.2) is 29.6 Å². The van der Waals surface area contributed by atoms with Crippen molar-refractivity contribution in [3.8, 4) is 0 Å². The average Bonchev–Trinajstić information content (AvgIpc) is 2.51. The molecular weight excluding hydrogens is 316 g/mol. The fourth-order valence-electron chi connectivity index (χ4n) is 2.40. The first kappa shape index (κ1) is 21.4. The van der Waals surface area contributed by atoms with Gasteiger partial charge in [0.15, 0.2) is 0 Å². The lowest BCUT2D eigenvalue weighted by Crippen LogP contribution is -2.41. The van der Waals surface area contributed by atoms with Crippen LogP contribution in [0, 0.1) is 0 Å². The molecule has 0 saturated carbocycles. The van der Waals surface area contributed by atoms with E-state index in [0.29, 0.717) is 6.42 Å². The van der Waals surface area contributed by atoms with Gasteiger partial charge in [-0.3, -0.25) is 14.9 Å². The summed E-state index contributed by atoms with van der Waals surface area (Å²) in [6, 6.07) is 5.31. The number of carboxylic acid groups (broad SMARTS) is 1. The molecule has 23 heavy (non-hydrogen) atoms. The summed E-state index contributed by atoms with van der Waals surface area (Å²) >= 11 is 0. The van der Waals surface area contributed by atoms with Crippen LogP contribution in [0.2, 0.25) is 0 Å². The fraction of sp³-hybridized carbons (Fsp3) is 0.529. The maximum absolute atomic E-state index is 12.1. The average molecular weight is 343 g/mol. The number of rotatable bonds is 9. The van der Waals surface area contributed by atoms with Gasteiger partial charge in [-0.15, -0.1) is 12.4 Å². The Kier molecular flexibility index (Phi) is 10.3. The Morgan fingerprint density at radius 2 is 1.70 bits per heavy atom. The fourth-order valence-corrected chi connectivity index (χ4v) is 2.40. The standard InChI is InChI=1S/C17H26N2O3.ClH/c1-4-8-14(17(21)22)18-11-15(20)19-16-12(5-2)9-7-10-13(16)6-3;/h7,9-10,14,18H,4-6,8,11H2,1-3H3,(H,19,20)(H,21,22);1H. The van der Waals surface area contributed by atoms with Gasteiger partial charge in [-0.25, -0.2) is 0 Å². The molecule has 0 aliphatic rings. The summed E-state index contributed by atoms with van der Waals surface area (Å²) in [5.74, 6) is -1.13. The molecule has 0 aliphatic carbocycles. The van der Waals surface area contributed by atoms with Crippen LogP contribution in [0.4, 0.5) is 5.69 Å². The Bertz CT molecular complexity index is 498. The molecule has 1 aromatic rings. The minimum atomic E-state index is -0.919. The molecule has 1 rings (SSSR count). The Morgan fingerprint density at radius 1 is 1.13 bits per heavy atom. The number of aryl methyl sites for hydroxylation is 2. The van der Waals surface area contributed by atoms with Crippen LogP contribution in [-0.2, 0) is 22.4 Å². The van der Waals surface area contributed by atoms with E-state index in [-0.39, 0.29) is 24.9 Å². The summed E-state index contributed by atoms with van der Waals surface area (Å²) in [5, 5.41) is 14.8. The molecule has 1 atom stereocenters. The topological polar surface area (TPSA) is 78.4 Å². The molecule has 0 bridgehead atoms. The summed E-state index contributed by atoms with van der Waals surface area (Å²) < 4.78 is 0. The zero-order chi connectivity index (χ0) is 16.5. The van der Waals surface area contributed by atoms with Gasteiger partial charge in [-0.05, 0) is 30.4 Å². The van der Waals surface area contributed by atoms with Crippen LogP contribution in [0.1, 0.15) is 44.7 Å². The van der Waals surface area contributed by atoms with Gasteiger partial charge in [-0.2, -0.15) is 0 Å². The van der Waals surface area contributed by atoms with Crippen LogP contribution in [0.3, 0.4) is 0 Å². The van der Waals surface area contributed by atoms with Gasteiger partial charge >= 0.3 is 5.97 Å². The van der Waals surface area contributed by atoms with Crippen molar-refractivity contribution < 1.29 is 14.7 Å². The van der Waals surface area contributed by atoms with E-state index >= 15 is 0 Å². The molecule has 0 heterocycles. The molecule has 130 valence electrons. The first-order chi connectivity index (χ1) is 10.5. The molecule has 5 nitrogen and oxygen atoms in total. The van der Waals surface area contributed by atoms with E-state index in [9.17, 15) is 9.59 Å². The minimum absolute atomic E-state index is 0. The number of carbonyl (C=O) groups excluding carboxylic acids is 1. The predicted molar refractivity (Wildman–Crippen MR) is 95.4 cm³/mol. The lowest BCUT2D eigenvalue weighted by atomic mass is 10.0. The largest absolute Gasteiger partial charge is 0.480 e. The van der Waals surface area contributed by atoms with Crippen molar-refractivity contribution in [3.63, 3.8) is 0 Å². The second kappa shape index (κ2) is 11.0. The number of carboxylic acids is 1. The monoisotopic (exact) mass is 342 g/mol. The number of halogens is 1. The molecule has 1 amide bonds. The number of nitrogens with one attached hydrogen (secondary N) is 2. The van der Waals surface area contributed by atoms with Gasteiger partial charge in [0, 0.05) is 5.69 Å². The van der Waals surface area contributed by atoms with Gasteiger partial charge in [0.05, 0.1) is 6.54 Å². The van der Waals surface area contributed by atoms with Crippen molar-refractivity contribution in [1.82, 2.24) is 5.32 Å². The van der Waals surface area contributed by atoms with Crippen molar-refractivity contribution in [2.75, 3.05) is 11.9 Å². The van der Waals surface area contributed by atoms with Gasteiger partial charge < -0.3 is 10.4 Å². The summed E-state index contributed by atoms with van der Waals surface area (Å²) in [4.78, 5) is 23.2. The number of aliphatic carboxylic acids is 1. The van der Waals surface area contributed by atoms with Crippen LogP contribution in [0.25, 0.3) is 0 Å². The normalized spacial score (nSPS) is 11.4. The second-order valence-corrected chi connectivity index (χ2v) is 5.27. The van der Waals surface area contributed by atoms with Crippen LogP contribution < -0.4 is 10.6 Å². The van der Waals surface area contributed by atoms with Gasteiger partial charge in [-0.1, -0.05) is 45.4 Å². The van der Waals surface area contributed by atoms with Crippen molar-refractivity contribution in [2.24, 2.45) is 0 Å². The molecule has 0 spiro atoms. The van der Waals surface area contributed by atoms with Crippen LogP contribution in [0.5, 0.6) is 0 Å². The van der Waals surface area contributed by atoms with Crippen molar-refractivity contribution >= 4 is 30.0 Å². The second-order valence-electron chi connectivity index (χ2n) is 5.27. The molecular formula is C17H27ClN2O3. The van der Waals surface area contributed by atoms with Crippen molar-refractivity contribution in [1.29, 1.82) is 0 Å². The Labute approximate surface area is 144 Å². The zero-order valence-corrected chi connectivity index (χ0v) is 14.8. The van der Waals surface area contributed by atoms with Gasteiger partial charge in [0.25, 0.3) is 0 Å². The van der Waals surface area contributed by atoms with Crippen molar-refractivity contribution in [2.45, 2.75) is 52.5 Å². The summed E-state index contributed by atoms with van der Waals surface area (Å²) in [5.41, 5.74) is 3.05. The maximum atomic E-state index is 12.1. The smallest absolute Gasteiger partial charge is 0.320 e. The third-order valence-electron chi connectivity index (χ3n) is 3.65. The highest BCUT2D eigenvalue weighted by Gasteiger charge is 2.17. The lowest BCUT2D eigenvalue weighted by Gasteiger charge is -2.16. The lowest BCUT2D eigenvalue weighted by molar-refractivity contribution is -0.139. The first-order valence-electron chi connectivity index (χ1n) is 7.90. The van der Waals surface area contributed by atoms with E-state index in [1.54, 1.807) is 0 Å². The number of benzene rings is 1. The van der Waals surface area contributed by atoms with Gasteiger partial charge in [0.2, 0.25) is 5.91 Å². The SMILES string of the molecule is CCCC(NCC(=O)Nc1c(CC)cccc1CC)C(=O)O.Cl. The predicted octanol–water partition coefficient (Wildman–Crippen LogP) is 3.01. The van der Waals surface area contributed by atoms with Crippen LogP contribution >= 0.6 is 12.4 Å². The summed E-state index contributed by atoms with van der Waals surface area (Å²) in [6.45, 7) is 6.01. The van der Waals surface area contributed by atoms with E-state index in [0.717, 1.165) is 36.1 Å².